The molecule has 0 bridgehead atoms. The predicted octanol–water partition coefficient (Wildman–Crippen LogP) is 3.95. The van der Waals surface area contributed by atoms with E-state index in [4.69, 9.17) is 0 Å². The number of aryl methyl sites for hydroxylation is 1. The molecular weight excluding hydrogens is 318 g/mol. The monoisotopic (exact) mass is 339 g/mol. The molecule has 24 heavy (non-hydrogen) atoms. The number of benzene rings is 1. The van der Waals surface area contributed by atoms with Crippen LogP contribution in [0.3, 0.4) is 0 Å². The highest BCUT2D eigenvalue weighted by atomic mass is 32.1. The Morgan fingerprint density at radius 3 is 2.67 bits per heavy atom. The van der Waals surface area contributed by atoms with Gasteiger partial charge >= 0.3 is 0 Å². The molecule has 0 saturated carbocycles. The average Bonchev–Trinajstić information content (AvgIpc) is 3.02. The molecule has 2 aromatic heterocycles. The number of rotatable bonds is 3. The molecule has 5 heteroatoms. The van der Waals surface area contributed by atoms with Crippen molar-refractivity contribution in [2.24, 2.45) is 5.92 Å². The van der Waals surface area contributed by atoms with E-state index >= 15 is 0 Å². The zero-order chi connectivity index (χ0) is 16.5. The Balaban J connectivity index is 1.49. The highest BCUT2D eigenvalue weighted by Gasteiger charge is 2.27. The van der Waals surface area contributed by atoms with Crippen molar-refractivity contribution < 1.29 is 5.11 Å². The first-order valence-corrected chi connectivity index (χ1v) is 9.23. The zero-order valence-corrected chi connectivity index (χ0v) is 14.5. The molecule has 1 fully saturated rings. The Morgan fingerprint density at radius 1 is 1.17 bits per heavy atom. The molecule has 0 amide bonds. The van der Waals surface area contributed by atoms with Gasteiger partial charge in [-0.3, -0.25) is 0 Å². The minimum atomic E-state index is -0.373. The summed E-state index contributed by atoms with van der Waals surface area (Å²) in [6.45, 7) is 3.96. The second-order valence-corrected chi connectivity index (χ2v) is 7.69. The molecule has 0 aliphatic carbocycles. The van der Waals surface area contributed by atoms with Crippen molar-refractivity contribution in [3.63, 3.8) is 0 Å². The molecule has 0 spiro atoms. The van der Waals surface area contributed by atoms with Gasteiger partial charge in [0.2, 0.25) is 0 Å². The molecule has 4 nitrogen and oxygen atoms in total. The Morgan fingerprint density at radius 2 is 1.92 bits per heavy atom. The third-order valence-electron chi connectivity index (χ3n) is 4.86. The predicted molar refractivity (Wildman–Crippen MR) is 98.5 cm³/mol. The van der Waals surface area contributed by atoms with Gasteiger partial charge in [-0.15, -0.1) is 11.3 Å². The summed E-state index contributed by atoms with van der Waals surface area (Å²) in [6.07, 6.45) is 3.25. The Labute approximate surface area is 145 Å². The highest BCUT2D eigenvalue weighted by Crippen LogP contribution is 2.35. The smallest absolute Gasteiger partial charge is 0.140 e. The minimum absolute atomic E-state index is 0.310. The number of nitrogens with zero attached hydrogens (tertiary/aromatic N) is 3. The number of aliphatic hydroxyl groups is 1. The van der Waals surface area contributed by atoms with Gasteiger partial charge in [0.25, 0.3) is 0 Å². The highest BCUT2D eigenvalue weighted by molar-refractivity contribution is 7.18. The standard InChI is InChI=1S/C19H21N3OS/c1-13-11-16-18(20-12-21-19(16)24-13)22-9-7-15(8-10-22)17(23)14-5-3-2-4-6-14/h2-6,11-12,15,17,23H,7-10H2,1H3. The first-order chi connectivity index (χ1) is 11.7. The zero-order valence-electron chi connectivity index (χ0n) is 13.7. The quantitative estimate of drug-likeness (QED) is 0.785. The molecule has 1 aliphatic heterocycles. The van der Waals surface area contributed by atoms with Crippen molar-refractivity contribution in [1.82, 2.24) is 9.97 Å². The number of anilines is 1. The lowest BCUT2D eigenvalue weighted by molar-refractivity contribution is 0.0929. The molecule has 3 heterocycles. The average molecular weight is 339 g/mol. The van der Waals surface area contributed by atoms with Crippen LogP contribution in [0.15, 0.2) is 42.7 Å². The summed E-state index contributed by atoms with van der Waals surface area (Å²) in [5.74, 6) is 1.35. The van der Waals surface area contributed by atoms with Crippen LogP contribution in [-0.4, -0.2) is 28.2 Å². The molecule has 1 saturated heterocycles. The summed E-state index contributed by atoms with van der Waals surface area (Å²) < 4.78 is 0. The van der Waals surface area contributed by atoms with Crippen LogP contribution in [-0.2, 0) is 0 Å². The molecular formula is C19H21N3OS. The van der Waals surface area contributed by atoms with Gasteiger partial charge in [0, 0.05) is 18.0 Å². The number of hydrogen-bond donors (Lipinski definition) is 1. The SMILES string of the molecule is Cc1cc2c(N3CCC(C(O)c4ccccc4)CC3)ncnc2s1. The topological polar surface area (TPSA) is 49.2 Å². The van der Waals surface area contributed by atoms with Gasteiger partial charge in [0.15, 0.2) is 0 Å². The van der Waals surface area contributed by atoms with Crippen LogP contribution in [0.1, 0.15) is 29.4 Å². The molecule has 4 rings (SSSR count). The number of aliphatic hydroxyl groups excluding tert-OH is 1. The van der Waals surface area contributed by atoms with Crippen molar-refractivity contribution in [3.05, 3.63) is 53.2 Å². The third kappa shape index (κ3) is 2.89. The summed E-state index contributed by atoms with van der Waals surface area (Å²) in [6, 6.07) is 12.2. The van der Waals surface area contributed by atoms with Gasteiger partial charge in [-0.1, -0.05) is 30.3 Å². The maximum Gasteiger partial charge on any atom is 0.140 e. The summed E-state index contributed by atoms with van der Waals surface area (Å²) in [5, 5.41) is 11.8. The number of fused-ring (bicyclic) bond motifs is 1. The summed E-state index contributed by atoms with van der Waals surface area (Å²) in [7, 11) is 0. The molecule has 0 radical (unpaired) electrons. The molecule has 1 atom stereocenters. The first-order valence-electron chi connectivity index (χ1n) is 8.41. The van der Waals surface area contributed by atoms with Crippen LogP contribution >= 0.6 is 11.3 Å². The Bertz CT molecular complexity index is 825. The molecule has 1 aromatic carbocycles. The molecule has 1 aliphatic rings. The lowest BCUT2D eigenvalue weighted by atomic mass is 9.87. The summed E-state index contributed by atoms with van der Waals surface area (Å²) >= 11 is 1.72. The van der Waals surface area contributed by atoms with Gasteiger partial charge in [-0.2, -0.15) is 0 Å². The van der Waals surface area contributed by atoms with E-state index in [1.165, 1.54) is 4.88 Å². The molecule has 1 N–H and O–H groups in total. The lowest BCUT2D eigenvalue weighted by Gasteiger charge is -2.35. The minimum Gasteiger partial charge on any atom is -0.388 e. The number of aromatic nitrogens is 2. The van der Waals surface area contributed by atoms with Crippen molar-refractivity contribution in [3.8, 4) is 0 Å². The summed E-state index contributed by atoms with van der Waals surface area (Å²) in [5.41, 5.74) is 1.02. The van der Waals surface area contributed by atoms with Crippen molar-refractivity contribution in [2.45, 2.75) is 25.9 Å². The maximum atomic E-state index is 10.6. The largest absolute Gasteiger partial charge is 0.388 e. The van der Waals surface area contributed by atoms with E-state index in [-0.39, 0.29) is 6.10 Å². The number of hydrogen-bond acceptors (Lipinski definition) is 5. The maximum absolute atomic E-state index is 10.6. The molecule has 1 unspecified atom stereocenters. The van der Waals surface area contributed by atoms with Crippen LogP contribution in [0, 0.1) is 12.8 Å². The van der Waals surface area contributed by atoms with E-state index in [0.717, 1.165) is 47.5 Å². The molecule has 124 valence electrons. The van der Waals surface area contributed by atoms with Crippen molar-refractivity contribution >= 4 is 27.4 Å². The first kappa shape index (κ1) is 15.5. The third-order valence-corrected chi connectivity index (χ3v) is 5.82. The van der Waals surface area contributed by atoms with E-state index in [0.29, 0.717) is 5.92 Å². The van der Waals surface area contributed by atoms with E-state index < -0.39 is 0 Å². The van der Waals surface area contributed by atoms with E-state index in [9.17, 15) is 5.11 Å². The van der Waals surface area contributed by atoms with Gasteiger partial charge < -0.3 is 10.0 Å². The van der Waals surface area contributed by atoms with Crippen LogP contribution < -0.4 is 4.90 Å². The number of thiophene rings is 1. The lowest BCUT2D eigenvalue weighted by Crippen LogP contribution is -2.36. The van der Waals surface area contributed by atoms with Gasteiger partial charge in [0.05, 0.1) is 11.5 Å². The van der Waals surface area contributed by atoms with Gasteiger partial charge in [0.1, 0.15) is 17.0 Å². The van der Waals surface area contributed by atoms with Crippen molar-refractivity contribution in [2.75, 3.05) is 18.0 Å². The normalized spacial score (nSPS) is 17.3. The molecule has 3 aromatic rings. The van der Waals surface area contributed by atoms with E-state index in [1.807, 2.05) is 30.3 Å². The fourth-order valence-corrected chi connectivity index (χ4v) is 4.41. The van der Waals surface area contributed by atoms with Gasteiger partial charge in [-0.25, -0.2) is 9.97 Å². The van der Waals surface area contributed by atoms with Gasteiger partial charge in [-0.05, 0) is 37.3 Å². The Hall–Kier alpha value is -1.98. The fourth-order valence-electron chi connectivity index (χ4n) is 3.56. The summed E-state index contributed by atoms with van der Waals surface area (Å²) in [4.78, 5) is 13.6. The van der Waals surface area contributed by atoms with Crippen LogP contribution in [0.2, 0.25) is 0 Å². The number of piperidine rings is 1. The van der Waals surface area contributed by atoms with E-state index in [2.05, 4.69) is 27.9 Å². The second kappa shape index (κ2) is 6.49. The van der Waals surface area contributed by atoms with Crippen molar-refractivity contribution in [1.29, 1.82) is 0 Å². The van der Waals surface area contributed by atoms with Crippen LogP contribution in [0.25, 0.3) is 10.2 Å². The van der Waals surface area contributed by atoms with E-state index in [1.54, 1.807) is 17.7 Å². The van der Waals surface area contributed by atoms with Crippen LogP contribution in [0.4, 0.5) is 5.82 Å². The van der Waals surface area contributed by atoms with Crippen LogP contribution in [0.5, 0.6) is 0 Å². The fraction of sp³-hybridized carbons (Fsp3) is 0.368. The second-order valence-electron chi connectivity index (χ2n) is 6.45. The Kier molecular flexibility index (Phi) is 4.21.